The molecule has 1 aromatic rings. The minimum absolute atomic E-state index is 0.0143. The highest BCUT2D eigenvalue weighted by Crippen LogP contribution is 2.10. The van der Waals surface area contributed by atoms with Crippen molar-refractivity contribution in [2.24, 2.45) is 17.4 Å². The molecule has 0 heterocycles. The van der Waals surface area contributed by atoms with E-state index in [1.54, 1.807) is 44.2 Å². The molecule has 0 aliphatic rings. The predicted octanol–water partition coefficient (Wildman–Crippen LogP) is -1.12. The minimum Gasteiger partial charge on any atom is -0.481 e. The van der Waals surface area contributed by atoms with Gasteiger partial charge in [-0.15, -0.1) is 0 Å². The minimum atomic E-state index is -1.40. The van der Waals surface area contributed by atoms with Crippen molar-refractivity contribution >= 4 is 35.6 Å². The van der Waals surface area contributed by atoms with Crippen molar-refractivity contribution in [2.45, 2.75) is 70.1 Å². The van der Waals surface area contributed by atoms with E-state index < -0.39 is 78.5 Å². The van der Waals surface area contributed by atoms with Crippen molar-refractivity contribution in [3.8, 4) is 0 Å². The molecule has 0 radical (unpaired) electrons. The molecule has 1 aromatic carbocycles. The maximum absolute atomic E-state index is 13.2. The zero-order chi connectivity index (χ0) is 28.1. The smallest absolute Gasteiger partial charge is 0.326 e. The number of carboxylic acids is 2. The SMILES string of the molecule is CCC(C)C(NC(=O)C(CCC(=O)O)NC(=O)C(Cc1ccccc1)NC(=O)C(N)CC(N)=O)C(=O)O. The molecule has 9 N–H and O–H groups in total. The predicted molar refractivity (Wildman–Crippen MR) is 132 cm³/mol. The van der Waals surface area contributed by atoms with Crippen molar-refractivity contribution < 1.29 is 39.0 Å². The summed E-state index contributed by atoms with van der Waals surface area (Å²) in [4.78, 5) is 72.5. The van der Waals surface area contributed by atoms with Gasteiger partial charge in [0.2, 0.25) is 23.6 Å². The van der Waals surface area contributed by atoms with Gasteiger partial charge in [0.1, 0.15) is 18.1 Å². The Balaban J connectivity index is 3.16. The van der Waals surface area contributed by atoms with E-state index in [0.29, 0.717) is 12.0 Å². The second-order valence-corrected chi connectivity index (χ2v) is 8.73. The fourth-order valence-electron chi connectivity index (χ4n) is 3.39. The van der Waals surface area contributed by atoms with E-state index in [2.05, 4.69) is 16.0 Å². The lowest BCUT2D eigenvalue weighted by molar-refractivity contribution is -0.144. The second-order valence-electron chi connectivity index (χ2n) is 8.73. The summed E-state index contributed by atoms with van der Waals surface area (Å²) in [6.45, 7) is 3.38. The van der Waals surface area contributed by atoms with Gasteiger partial charge < -0.3 is 37.6 Å². The lowest BCUT2D eigenvalue weighted by atomic mass is 9.98. The molecule has 37 heavy (non-hydrogen) atoms. The molecule has 0 saturated heterocycles. The summed E-state index contributed by atoms with van der Waals surface area (Å²) in [5, 5.41) is 25.8. The lowest BCUT2D eigenvalue weighted by Crippen LogP contribution is -2.58. The molecule has 1 rings (SSSR count). The first kappa shape index (κ1) is 31.0. The number of carbonyl (C=O) groups excluding carboxylic acids is 4. The first-order valence-electron chi connectivity index (χ1n) is 11.8. The van der Waals surface area contributed by atoms with E-state index in [-0.39, 0.29) is 12.8 Å². The van der Waals surface area contributed by atoms with E-state index in [4.69, 9.17) is 16.6 Å². The fraction of sp³-hybridized carbons (Fsp3) is 0.500. The van der Waals surface area contributed by atoms with E-state index in [1.807, 2.05) is 0 Å². The number of aliphatic carboxylic acids is 2. The van der Waals surface area contributed by atoms with Crippen LogP contribution >= 0.6 is 0 Å². The number of carbonyl (C=O) groups is 6. The van der Waals surface area contributed by atoms with Gasteiger partial charge in [-0.3, -0.25) is 24.0 Å². The van der Waals surface area contributed by atoms with Crippen LogP contribution in [0.25, 0.3) is 0 Å². The summed E-state index contributed by atoms with van der Waals surface area (Å²) in [6, 6.07) is 3.37. The zero-order valence-corrected chi connectivity index (χ0v) is 20.8. The Morgan fingerprint density at radius 1 is 0.892 bits per heavy atom. The van der Waals surface area contributed by atoms with Gasteiger partial charge >= 0.3 is 11.9 Å². The van der Waals surface area contributed by atoms with Crippen molar-refractivity contribution in [3.05, 3.63) is 35.9 Å². The van der Waals surface area contributed by atoms with Crippen LogP contribution < -0.4 is 27.4 Å². The number of hydrogen-bond acceptors (Lipinski definition) is 7. The normalized spacial score (nSPS) is 14.8. The van der Waals surface area contributed by atoms with Crippen LogP contribution in [0.2, 0.25) is 0 Å². The van der Waals surface area contributed by atoms with Crippen LogP contribution in [0.15, 0.2) is 30.3 Å². The molecular formula is C24H35N5O8. The standard InChI is InChI=1S/C24H35N5O8/c1-3-13(2)20(24(36)37)29-22(34)16(9-10-19(31)32)27-23(35)17(11-14-7-5-4-6-8-14)28-21(33)15(25)12-18(26)30/h4-8,13,15-17,20H,3,9-12,25H2,1-2H3,(H2,26,30)(H,27,35)(H,28,33)(H,29,34)(H,31,32)(H,36,37). The maximum atomic E-state index is 13.2. The van der Waals surface area contributed by atoms with Crippen LogP contribution in [-0.4, -0.2) is 69.9 Å². The summed E-state index contributed by atoms with van der Waals surface area (Å²) in [5.41, 5.74) is 11.4. The van der Waals surface area contributed by atoms with Crippen molar-refractivity contribution in [1.29, 1.82) is 0 Å². The number of nitrogens with one attached hydrogen (secondary N) is 3. The third-order valence-corrected chi connectivity index (χ3v) is 5.73. The highest BCUT2D eigenvalue weighted by Gasteiger charge is 2.32. The Hall–Kier alpha value is -4.00. The Kier molecular flexibility index (Phi) is 12.7. The van der Waals surface area contributed by atoms with Gasteiger partial charge in [0.25, 0.3) is 0 Å². The Morgan fingerprint density at radius 3 is 1.97 bits per heavy atom. The molecule has 0 fully saturated rings. The third kappa shape index (κ3) is 11.1. The molecule has 5 atom stereocenters. The van der Waals surface area contributed by atoms with E-state index in [9.17, 15) is 33.9 Å². The summed E-state index contributed by atoms with van der Waals surface area (Å²) >= 11 is 0. The lowest BCUT2D eigenvalue weighted by Gasteiger charge is -2.26. The molecule has 0 aliphatic carbocycles. The molecule has 13 nitrogen and oxygen atoms in total. The molecule has 0 bridgehead atoms. The van der Waals surface area contributed by atoms with Crippen molar-refractivity contribution in [2.75, 3.05) is 0 Å². The molecule has 0 aromatic heterocycles. The first-order chi connectivity index (χ1) is 17.3. The van der Waals surface area contributed by atoms with E-state index in [0.717, 1.165) is 0 Å². The molecular weight excluding hydrogens is 486 g/mol. The number of rotatable bonds is 16. The first-order valence-corrected chi connectivity index (χ1v) is 11.8. The third-order valence-electron chi connectivity index (χ3n) is 5.73. The van der Waals surface area contributed by atoms with Crippen LogP contribution in [-0.2, 0) is 35.2 Å². The number of amides is 4. The highest BCUT2D eigenvalue weighted by atomic mass is 16.4. The molecule has 0 saturated carbocycles. The largest absolute Gasteiger partial charge is 0.481 e. The van der Waals surface area contributed by atoms with Gasteiger partial charge in [-0.25, -0.2) is 4.79 Å². The number of carboxylic acid groups (broad SMARTS) is 2. The monoisotopic (exact) mass is 521 g/mol. The van der Waals surface area contributed by atoms with Gasteiger partial charge in [0, 0.05) is 12.8 Å². The van der Waals surface area contributed by atoms with E-state index in [1.165, 1.54) is 0 Å². The number of primary amides is 1. The summed E-state index contributed by atoms with van der Waals surface area (Å²) in [7, 11) is 0. The number of hydrogen-bond donors (Lipinski definition) is 7. The molecule has 204 valence electrons. The molecule has 4 amide bonds. The van der Waals surface area contributed by atoms with Gasteiger partial charge in [-0.05, 0) is 17.9 Å². The van der Waals surface area contributed by atoms with Crippen LogP contribution in [0.1, 0.15) is 45.1 Å². The topological polar surface area (TPSA) is 231 Å². The fourth-order valence-corrected chi connectivity index (χ4v) is 3.39. The summed E-state index contributed by atoms with van der Waals surface area (Å²) in [6.07, 6.45) is -0.841. The van der Waals surface area contributed by atoms with Crippen LogP contribution in [0.5, 0.6) is 0 Å². The quantitative estimate of drug-likeness (QED) is 0.139. The van der Waals surface area contributed by atoms with E-state index >= 15 is 0 Å². The molecule has 13 heteroatoms. The van der Waals surface area contributed by atoms with Gasteiger partial charge in [-0.1, -0.05) is 50.6 Å². The zero-order valence-electron chi connectivity index (χ0n) is 20.8. The average molecular weight is 522 g/mol. The Morgan fingerprint density at radius 2 is 1.46 bits per heavy atom. The molecule has 0 aliphatic heterocycles. The van der Waals surface area contributed by atoms with Gasteiger partial charge in [0.15, 0.2) is 0 Å². The summed E-state index contributed by atoms with van der Waals surface area (Å²) < 4.78 is 0. The average Bonchev–Trinajstić information content (AvgIpc) is 2.83. The van der Waals surface area contributed by atoms with Gasteiger partial charge in [-0.2, -0.15) is 0 Å². The Bertz CT molecular complexity index is 971. The van der Waals surface area contributed by atoms with Crippen molar-refractivity contribution in [1.82, 2.24) is 16.0 Å². The summed E-state index contributed by atoms with van der Waals surface area (Å²) in [5.74, 6) is -6.29. The second kappa shape index (κ2) is 15.2. The van der Waals surface area contributed by atoms with Gasteiger partial charge in [0.05, 0.1) is 12.5 Å². The van der Waals surface area contributed by atoms with Crippen LogP contribution in [0.3, 0.4) is 0 Å². The molecule has 5 unspecified atom stereocenters. The van der Waals surface area contributed by atoms with Crippen LogP contribution in [0, 0.1) is 5.92 Å². The van der Waals surface area contributed by atoms with Crippen molar-refractivity contribution in [3.63, 3.8) is 0 Å². The number of benzene rings is 1. The number of nitrogens with two attached hydrogens (primary N) is 2. The highest BCUT2D eigenvalue weighted by molar-refractivity contribution is 5.95. The molecule has 0 spiro atoms. The van der Waals surface area contributed by atoms with Crippen LogP contribution in [0.4, 0.5) is 0 Å². The maximum Gasteiger partial charge on any atom is 0.326 e. The Labute approximate surface area is 214 Å².